The van der Waals surface area contributed by atoms with Gasteiger partial charge in [0.25, 0.3) is 0 Å². The summed E-state index contributed by atoms with van der Waals surface area (Å²) in [5.74, 6) is -0.199. The first-order valence-corrected chi connectivity index (χ1v) is 6.21. The van der Waals surface area contributed by atoms with Crippen molar-refractivity contribution in [1.29, 1.82) is 0 Å². The lowest BCUT2D eigenvalue weighted by atomic mass is 9.95. The minimum Gasteiger partial charge on any atom is -0.323 e. The second kappa shape index (κ2) is 4.37. The predicted molar refractivity (Wildman–Crippen MR) is 65.1 cm³/mol. The molecule has 3 aliphatic rings. The van der Waals surface area contributed by atoms with E-state index in [9.17, 15) is 4.39 Å². The summed E-state index contributed by atoms with van der Waals surface area (Å²) in [6, 6.07) is 6.96. The van der Waals surface area contributed by atoms with Gasteiger partial charge in [0.15, 0.2) is 0 Å². The van der Waals surface area contributed by atoms with Crippen molar-refractivity contribution < 1.29 is 4.39 Å². The van der Waals surface area contributed by atoms with Crippen LogP contribution in [0.1, 0.15) is 11.6 Å². The van der Waals surface area contributed by atoms with Gasteiger partial charge < -0.3 is 5.73 Å². The van der Waals surface area contributed by atoms with E-state index in [0.29, 0.717) is 6.04 Å². The Morgan fingerprint density at radius 2 is 1.76 bits per heavy atom. The smallest absolute Gasteiger partial charge is 0.123 e. The molecule has 4 heteroatoms. The molecule has 3 aliphatic heterocycles. The summed E-state index contributed by atoms with van der Waals surface area (Å²) in [6.07, 6.45) is 0. The van der Waals surface area contributed by atoms with Crippen LogP contribution in [0.4, 0.5) is 4.39 Å². The normalized spacial score (nSPS) is 33.6. The molecule has 2 unspecified atom stereocenters. The number of nitrogens with zero attached hydrogens (tertiary/aromatic N) is 2. The molecule has 2 N–H and O–H groups in total. The van der Waals surface area contributed by atoms with E-state index in [1.165, 1.54) is 12.1 Å². The van der Waals surface area contributed by atoms with Crippen molar-refractivity contribution in [3.8, 4) is 0 Å². The SMILES string of the molecule is NC(c1ccc(F)cc1)C1CN2CCN1CC2. The Bertz CT molecular complexity index is 384. The molecule has 1 aromatic carbocycles. The van der Waals surface area contributed by atoms with E-state index in [2.05, 4.69) is 9.80 Å². The molecule has 17 heavy (non-hydrogen) atoms. The van der Waals surface area contributed by atoms with Crippen LogP contribution in [0.3, 0.4) is 0 Å². The minimum atomic E-state index is -0.199. The van der Waals surface area contributed by atoms with Gasteiger partial charge in [-0.1, -0.05) is 12.1 Å². The van der Waals surface area contributed by atoms with Gasteiger partial charge in [-0.15, -0.1) is 0 Å². The number of benzene rings is 1. The minimum absolute atomic E-state index is 0.0151. The average molecular weight is 235 g/mol. The van der Waals surface area contributed by atoms with E-state index in [-0.39, 0.29) is 11.9 Å². The Morgan fingerprint density at radius 1 is 1.12 bits per heavy atom. The number of halogens is 1. The van der Waals surface area contributed by atoms with Crippen LogP contribution in [-0.4, -0.2) is 48.6 Å². The van der Waals surface area contributed by atoms with Crippen molar-refractivity contribution in [1.82, 2.24) is 9.80 Å². The highest BCUT2D eigenvalue weighted by Crippen LogP contribution is 2.25. The van der Waals surface area contributed by atoms with Crippen LogP contribution in [0.15, 0.2) is 24.3 Å². The molecule has 4 rings (SSSR count). The fraction of sp³-hybridized carbons (Fsp3) is 0.538. The zero-order valence-corrected chi connectivity index (χ0v) is 9.85. The molecule has 0 saturated carbocycles. The molecule has 0 radical (unpaired) electrons. The maximum atomic E-state index is 12.9. The van der Waals surface area contributed by atoms with Gasteiger partial charge >= 0.3 is 0 Å². The highest BCUT2D eigenvalue weighted by Gasteiger charge is 2.35. The van der Waals surface area contributed by atoms with Crippen molar-refractivity contribution >= 4 is 0 Å². The van der Waals surface area contributed by atoms with Crippen LogP contribution in [0, 0.1) is 5.82 Å². The Morgan fingerprint density at radius 3 is 2.29 bits per heavy atom. The molecule has 3 saturated heterocycles. The van der Waals surface area contributed by atoms with Gasteiger partial charge in [0, 0.05) is 44.8 Å². The van der Waals surface area contributed by atoms with Gasteiger partial charge in [0.1, 0.15) is 5.82 Å². The van der Waals surface area contributed by atoms with Crippen molar-refractivity contribution in [2.45, 2.75) is 12.1 Å². The van der Waals surface area contributed by atoms with Gasteiger partial charge in [-0.2, -0.15) is 0 Å². The standard InChI is InChI=1S/C13H18FN3/c14-11-3-1-10(2-4-11)13(15)12-9-16-5-7-17(12)8-6-16/h1-4,12-13H,5-9,15H2. The molecule has 92 valence electrons. The third kappa shape index (κ3) is 2.08. The van der Waals surface area contributed by atoms with Gasteiger partial charge in [0.2, 0.25) is 0 Å². The summed E-state index contributed by atoms with van der Waals surface area (Å²) in [5.41, 5.74) is 7.35. The monoisotopic (exact) mass is 235 g/mol. The Hall–Kier alpha value is -0.970. The van der Waals surface area contributed by atoms with Crippen molar-refractivity contribution in [3.63, 3.8) is 0 Å². The van der Waals surface area contributed by atoms with E-state index in [1.807, 2.05) is 0 Å². The lowest BCUT2D eigenvalue weighted by Crippen LogP contribution is -2.63. The number of fused-ring (bicyclic) bond motifs is 3. The fourth-order valence-electron chi connectivity index (χ4n) is 2.91. The summed E-state index contributed by atoms with van der Waals surface area (Å²) in [6.45, 7) is 5.58. The number of hydrogen-bond donors (Lipinski definition) is 1. The predicted octanol–water partition coefficient (Wildman–Crippen LogP) is 0.825. The van der Waals surface area contributed by atoms with Crippen LogP contribution in [0.5, 0.6) is 0 Å². The molecule has 2 atom stereocenters. The molecule has 1 aromatic rings. The van der Waals surface area contributed by atoms with E-state index in [1.54, 1.807) is 12.1 Å². The third-order valence-electron chi connectivity index (χ3n) is 3.99. The molecule has 3 nitrogen and oxygen atoms in total. The topological polar surface area (TPSA) is 32.5 Å². The maximum absolute atomic E-state index is 12.9. The highest BCUT2D eigenvalue weighted by atomic mass is 19.1. The number of hydrogen-bond acceptors (Lipinski definition) is 3. The van der Waals surface area contributed by atoms with Crippen LogP contribution >= 0.6 is 0 Å². The van der Waals surface area contributed by atoms with Gasteiger partial charge in [-0.3, -0.25) is 9.80 Å². The second-order valence-electron chi connectivity index (χ2n) is 4.98. The Labute approximate surface area is 101 Å². The van der Waals surface area contributed by atoms with Crippen molar-refractivity contribution in [2.75, 3.05) is 32.7 Å². The van der Waals surface area contributed by atoms with Gasteiger partial charge in [-0.25, -0.2) is 4.39 Å². The zero-order valence-electron chi connectivity index (χ0n) is 9.85. The van der Waals surface area contributed by atoms with Crippen LogP contribution in [-0.2, 0) is 0 Å². The van der Waals surface area contributed by atoms with Crippen LogP contribution in [0.2, 0.25) is 0 Å². The molecule has 0 aliphatic carbocycles. The van der Waals surface area contributed by atoms with Crippen molar-refractivity contribution in [3.05, 3.63) is 35.6 Å². The number of nitrogens with two attached hydrogens (primary N) is 1. The third-order valence-corrected chi connectivity index (χ3v) is 3.99. The van der Waals surface area contributed by atoms with E-state index in [4.69, 9.17) is 5.73 Å². The summed E-state index contributed by atoms with van der Waals surface area (Å²) < 4.78 is 12.9. The first kappa shape index (κ1) is 11.1. The van der Waals surface area contributed by atoms with Crippen LogP contribution in [0.25, 0.3) is 0 Å². The lowest BCUT2D eigenvalue weighted by molar-refractivity contribution is 0.00214. The van der Waals surface area contributed by atoms with E-state index in [0.717, 1.165) is 38.3 Å². The average Bonchev–Trinajstić information content (AvgIpc) is 2.40. The molecular weight excluding hydrogens is 217 g/mol. The quantitative estimate of drug-likeness (QED) is 0.824. The molecule has 0 aromatic heterocycles. The first-order valence-electron chi connectivity index (χ1n) is 6.21. The summed E-state index contributed by atoms with van der Waals surface area (Å²) in [5, 5.41) is 0. The molecule has 3 fully saturated rings. The number of piperazine rings is 3. The highest BCUT2D eigenvalue weighted by molar-refractivity contribution is 5.22. The summed E-state index contributed by atoms with van der Waals surface area (Å²) >= 11 is 0. The summed E-state index contributed by atoms with van der Waals surface area (Å²) in [7, 11) is 0. The molecule has 2 bridgehead atoms. The van der Waals surface area contributed by atoms with Crippen LogP contribution < -0.4 is 5.73 Å². The van der Waals surface area contributed by atoms with E-state index < -0.39 is 0 Å². The lowest BCUT2D eigenvalue weighted by Gasteiger charge is -2.49. The molecular formula is C13H18FN3. The maximum Gasteiger partial charge on any atom is 0.123 e. The fourth-order valence-corrected chi connectivity index (χ4v) is 2.91. The molecule has 0 amide bonds. The Balaban J connectivity index is 1.77. The van der Waals surface area contributed by atoms with Gasteiger partial charge in [0.05, 0.1) is 0 Å². The zero-order chi connectivity index (χ0) is 11.8. The summed E-state index contributed by atoms with van der Waals surface area (Å²) in [4.78, 5) is 4.93. The molecule has 0 spiro atoms. The molecule has 3 heterocycles. The van der Waals surface area contributed by atoms with Crippen molar-refractivity contribution in [2.24, 2.45) is 5.73 Å². The first-order chi connectivity index (χ1) is 8.24. The largest absolute Gasteiger partial charge is 0.323 e. The second-order valence-corrected chi connectivity index (χ2v) is 4.98. The Kier molecular flexibility index (Phi) is 2.86. The number of rotatable bonds is 2. The van der Waals surface area contributed by atoms with Gasteiger partial charge in [-0.05, 0) is 17.7 Å². The van der Waals surface area contributed by atoms with E-state index >= 15 is 0 Å².